The zero-order valence-corrected chi connectivity index (χ0v) is 9.00. The fourth-order valence-electron chi connectivity index (χ4n) is 0.565. The first-order valence-electron chi connectivity index (χ1n) is 3.51. The lowest BCUT2D eigenvalue weighted by Gasteiger charge is -2.01. The van der Waals surface area contributed by atoms with Crippen LogP contribution in [-0.4, -0.2) is 23.2 Å². The van der Waals surface area contributed by atoms with Crippen molar-refractivity contribution in [1.82, 2.24) is 0 Å². The second-order valence-electron chi connectivity index (χ2n) is 2.07. The van der Waals surface area contributed by atoms with Gasteiger partial charge in [0, 0.05) is 13.3 Å². The van der Waals surface area contributed by atoms with E-state index in [-0.39, 0.29) is 18.5 Å². The van der Waals surface area contributed by atoms with Gasteiger partial charge in [0.15, 0.2) is 0 Å². The number of alkyl halides is 1. The van der Waals surface area contributed by atoms with Gasteiger partial charge >= 0.3 is 11.9 Å². The second-order valence-corrected chi connectivity index (χ2v) is 2.69. The maximum Gasteiger partial charge on any atom is 0.306 e. The molecule has 12 heavy (non-hydrogen) atoms. The first kappa shape index (κ1) is 11.7. The lowest BCUT2D eigenvalue weighted by atomic mass is 10.3. The lowest BCUT2D eigenvalue weighted by molar-refractivity contribution is -0.144. The molecule has 70 valence electrons. The first-order valence-corrected chi connectivity index (χ1v) is 5.04. The molecule has 0 saturated heterocycles. The molecular weight excluding hydrogens is 275 g/mol. The van der Waals surface area contributed by atoms with Gasteiger partial charge < -0.3 is 9.47 Å². The van der Waals surface area contributed by atoms with Crippen molar-refractivity contribution in [2.45, 2.75) is 19.8 Å². The molecule has 5 heteroatoms. The third-order valence-electron chi connectivity index (χ3n) is 1.05. The third kappa shape index (κ3) is 7.77. The average molecular weight is 286 g/mol. The highest BCUT2D eigenvalue weighted by Gasteiger charge is 2.01. The molecule has 0 saturated carbocycles. The van der Waals surface area contributed by atoms with Gasteiger partial charge in [0.25, 0.3) is 0 Å². The van der Waals surface area contributed by atoms with Gasteiger partial charge in [0.1, 0.15) is 4.61 Å². The molecule has 0 aliphatic carbocycles. The van der Waals surface area contributed by atoms with Gasteiger partial charge in [-0.05, 0) is 29.0 Å². The van der Waals surface area contributed by atoms with Gasteiger partial charge in [-0.15, -0.1) is 0 Å². The molecule has 0 amide bonds. The van der Waals surface area contributed by atoms with E-state index < -0.39 is 0 Å². The maximum atomic E-state index is 10.7. The van der Waals surface area contributed by atoms with Crippen LogP contribution in [0.15, 0.2) is 0 Å². The van der Waals surface area contributed by atoms with E-state index in [0.717, 1.165) is 0 Å². The number of rotatable bonds is 5. The summed E-state index contributed by atoms with van der Waals surface area (Å²) in [5, 5.41) is 0. The van der Waals surface area contributed by atoms with Crippen LogP contribution >= 0.6 is 22.6 Å². The van der Waals surface area contributed by atoms with E-state index in [9.17, 15) is 9.59 Å². The summed E-state index contributed by atoms with van der Waals surface area (Å²) in [4.78, 5) is 21.0. The van der Waals surface area contributed by atoms with Gasteiger partial charge in [0.05, 0.1) is 6.61 Å². The van der Waals surface area contributed by atoms with Crippen molar-refractivity contribution in [3.8, 4) is 0 Å². The molecule has 0 spiro atoms. The van der Waals surface area contributed by atoms with E-state index in [4.69, 9.17) is 0 Å². The molecule has 0 fully saturated rings. The molecule has 0 rings (SSSR count). The number of hydrogen-bond donors (Lipinski definition) is 0. The van der Waals surface area contributed by atoms with Crippen molar-refractivity contribution in [1.29, 1.82) is 0 Å². The molecule has 0 heterocycles. The Labute approximate surface area is 84.7 Å². The topological polar surface area (TPSA) is 52.6 Å². The number of carbonyl (C=O) groups excluding carboxylic acids is 2. The van der Waals surface area contributed by atoms with E-state index in [1.165, 1.54) is 6.92 Å². The van der Waals surface area contributed by atoms with Crippen LogP contribution < -0.4 is 0 Å². The first-order chi connectivity index (χ1) is 5.66. The normalized spacial score (nSPS) is 9.17. The summed E-state index contributed by atoms with van der Waals surface area (Å²) in [6.07, 6.45) is 0.825. The number of hydrogen-bond acceptors (Lipinski definition) is 4. The zero-order valence-electron chi connectivity index (χ0n) is 6.84. The fourth-order valence-corrected chi connectivity index (χ4v) is 0.913. The van der Waals surface area contributed by atoms with Gasteiger partial charge in [0.2, 0.25) is 0 Å². The zero-order chi connectivity index (χ0) is 9.40. The van der Waals surface area contributed by atoms with Crippen molar-refractivity contribution in [2.75, 3.05) is 11.2 Å². The van der Waals surface area contributed by atoms with Crippen molar-refractivity contribution in [3.05, 3.63) is 0 Å². The van der Waals surface area contributed by atoms with E-state index in [1.54, 1.807) is 0 Å². The summed E-state index contributed by atoms with van der Waals surface area (Å²) < 4.78 is 9.64. The number of carbonyl (C=O) groups is 2. The maximum absolute atomic E-state index is 10.7. The van der Waals surface area contributed by atoms with Crippen LogP contribution in [0.25, 0.3) is 0 Å². The van der Waals surface area contributed by atoms with Crippen LogP contribution in [0.4, 0.5) is 0 Å². The number of halogens is 1. The fraction of sp³-hybridized carbons (Fsp3) is 0.714. The minimum Gasteiger partial charge on any atom is -0.466 e. The van der Waals surface area contributed by atoms with Gasteiger partial charge in [-0.2, -0.15) is 0 Å². The Morgan fingerprint density at radius 1 is 1.33 bits per heavy atom. The van der Waals surface area contributed by atoms with Crippen LogP contribution in [-0.2, 0) is 19.1 Å². The predicted molar refractivity (Wildman–Crippen MR) is 50.8 cm³/mol. The van der Waals surface area contributed by atoms with Crippen LogP contribution in [0.2, 0.25) is 0 Å². The highest BCUT2D eigenvalue weighted by Crippen LogP contribution is 1.95. The SMILES string of the molecule is CC(=O)OCCCC(=O)OCI. The number of esters is 2. The lowest BCUT2D eigenvalue weighted by Crippen LogP contribution is -2.06. The summed E-state index contributed by atoms with van der Waals surface area (Å²) in [7, 11) is 0. The van der Waals surface area contributed by atoms with Crippen molar-refractivity contribution in [2.24, 2.45) is 0 Å². The Hall–Kier alpha value is -0.330. The summed E-state index contributed by atoms with van der Waals surface area (Å²) >= 11 is 1.95. The Balaban J connectivity index is 3.19. The van der Waals surface area contributed by atoms with E-state index in [0.29, 0.717) is 17.5 Å². The molecule has 0 N–H and O–H groups in total. The van der Waals surface area contributed by atoms with E-state index >= 15 is 0 Å². The smallest absolute Gasteiger partial charge is 0.306 e. The van der Waals surface area contributed by atoms with Crippen LogP contribution in [0.3, 0.4) is 0 Å². The molecule has 0 atom stereocenters. The molecule has 0 bridgehead atoms. The summed E-state index contributed by atoms with van der Waals surface area (Å²) in [5.74, 6) is -0.575. The summed E-state index contributed by atoms with van der Waals surface area (Å²) in [6, 6.07) is 0. The van der Waals surface area contributed by atoms with Crippen molar-refractivity contribution in [3.63, 3.8) is 0 Å². The highest BCUT2D eigenvalue weighted by molar-refractivity contribution is 14.1. The highest BCUT2D eigenvalue weighted by atomic mass is 127. The standard InChI is InChI=1S/C7H11IO4/c1-6(9)11-4-2-3-7(10)12-5-8/h2-5H2,1H3. The van der Waals surface area contributed by atoms with Gasteiger partial charge in [-0.1, -0.05) is 0 Å². The van der Waals surface area contributed by atoms with Crippen molar-refractivity contribution < 1.29 is 19.1 Å². The van der Waals surface area contributed by atoms with Crippen LogP contribution in [0.5, 0.6) is 0 Å². The Bertz CT molecular complexity index is 157. The monoisotopic (exact) mass is 286 g/mol. The molecule has 0 aromatic carbocycles. The molecule has 0 aromatic rings. The molecule has 0 aliphatic heterocycles. The molecular formula is C7H11IO4. The largest absolute Gasteiger partial charge is 0.466 e. The van der Waals surface area contributed by atoms with Crippen LogP contribution in [0.1, 0.15) is 19.8 Å². The molecule has 0 radical (unpaired) electrons. The van der Waals surface area contributed by atoms with Gasteiger partial charge in [-0.3, -0.25) is 9.59 Å². The van der Waals surface area contributed by atoms with Crippen LogP contribution in [0, 0.1) is 0 Å². The molecule has 0 unspecified atom stereocenters. The quantitative estimate of drug-likeness (QED) is 0.330. The Kier molecular flexibility index (Phi) is 7.12. The van der Waals surface area contributed by atoms with E-state index in [1.807, 2.05) is 22.6 Å². The molecule has 0 aliphatic rings. The summed E-state index contributed by atoms with van der Waals surface area (Å²) in [5.41, 5.74) is 0. The predicted octanol–water partition coefficient (Wildman–Crippen LogP) is 1.27. The second kappa shape index (κ2) is 7.33. The third-order valence-corrected chi connectivity index (χ3v) is 1.36. The van der Waals surface area contributed by atoms with Gasteiger partial charge in [-0.25, -0.2) is 0 Å². The average Bonchev–Trinajstić information content (AvgIpc) is 1.98. The number of ether oxygens (including phenoxy) is 2. The minimum absolute atomic E-state index is 0.253. The Morgan fingerprint density at radius 3 is 2.50 bits per heavy atom. The van der Waals surface area contributed by atoms with Crippen molar-refractivity contribution >= 4 is 34.5 Å². The molecule has 4 nitrogen and oxygen atoms in total. The minimum atomic E-state index is -0.322. The van der Waals surface area contributed by atoms with E-state index in [2.05, 4.69) is 9.47 Å². The Morgan fingerprint density at radius 2 is 2.00 bits per heavy atom. The molecule has 0 aromatic heterocycles. The summed E-state index contributed by atoms with van der Waals surface area (Å²) in [6.45, 7) is 1.62.